The van der Waals surface area contributed by atoms with Crippen molar-refractivity contribution in [2.75, 3.05) is 27.1 Å². The number of carbonyl (C=O) groups excluding carboxylic acids is 2. The van der Waals surface area contributed by atoms with E-state index in [0.717, 1.165) is 9.13 Å². The van der Waals surface area contributed by atoms with Crippen molar-refractivity contribution in [1.82, 2.24) is 10.7 Å². The average molecular weight is 525 g/mol. The van der Waals surface area contributed by atoms with Gasteiger partial charge in [-0.15, -0.1) is 0 Å². The lowest BCUT2D eigenvalue weighted by Gasteiger charge is -2.11. The Morgan fingerprint density at radius 2 is 2.03 bits per heavy atom. The summed E-state index contributed by atoms with van der Waals surface area (Å²) in [7, 11) is 1.58. The molecule has 0 unspecified atom stereocenters. The second kappa shape index (κ2) is 10.1. The number of halogens is 1. The van der Waals surface area contributed by atoms with E-state index in [4.69, 9.17) is 18.9 Å². The van der Waals surface area contributed by atoms with Crippen LogP contribution in [0, 0.1) is 3.57 Å². The molecule has 10 heteroatoms. The van der Waals surface area contributed by atoms with Crippen LogP contribution in [0.1, 0.15) is 22.8 Å². The first kappa shape index (κ1) is 21.7. The summed E-state index contributed by atoms with van der Waals surface area (Å²) in [6.07, 6.45) is 1.49. The summed E-state index contributed by atoms with van der Waals surface area (Å²) in [5.41, 5.74) is 3.47. The van der Waals surface area contributed by atoms with Gasteiger partial charge in [0, 0.05) is 5.56 Å². The highest BCUT2D eigenvalue weighted by atomic mass is 127. The molecule has 30 heavy (non-hydrogen) atoms. The van der Waals surface area contributed by atoms with Gasteiger partial charge in [0.25, 0.3) is 11.8 Å². The molecule has 0 bridgehead atoms. The molecule has 0 atom stereocenters. The molecule has 0 aliphatic carbocycles. The smallest absolute Gasteiger partial charge is 0.259 e. The zero-order valence-corrected chi connectivity index (χ0v) is 18.5. The normalized spacial score (nSPS) is 12.0. The van der Waals surface area contributed by atoms with Gasteiger partial charge in [0.2, 0.25) is 6.79 Å². The minimum atomic E-state index is -0.464. The lowest BCUT2D eigenvalue weighted by atomic mass is 10.2. The van der Waals surface area contributed by atoms with Crippen LogP contribution >= 0.6 is 22.6 Å². The Morgan fingerprint density at radius 1 is 1.23 bits per heavy atom. The molecule has 1 aliphatic heterocycles. The number of rotatable bonds is 8. The third kappa shape index (κ3) is 5.32. The van der Waals surface area contributed by atoms with Crippen LogP contribution < -0.4 is 29.7 Å². The number of hydrazone groups is 1. The van der Waals surface area contributed by atoms with E-state index in [0.29, 0.717) is 35.2 Å². The molecule has 1 heterocycles. The third-order valence-corrected chi connectivity index (χ3v) is 4.78. The van der Waals surface area contributed by atoms with Crippen LogP contribution in [0.2, 0.25) is 0 Å². The second-order valence-electron chi connectivity index (χ2n) is 6.01. The molecule has 0 fully saturated rings. The van der Waals surface area contributed by atoms with Crippen molar-refractivity contribution in [2.45, 2.75) is 6.92 Å². The number of methoxy groups -OCH3 is 1. The Morgan fingerprint density at radius 3 is 2.80 bits per heavy atom. The van der Waals surface area contributed by atoms with Crippen molar-refractivity contribution in [2.24, 2.45) is 5.10 Å². The Hall–Kier alpha value is -3.02. The van der Waals surface area contributed by atoms with Crippen molar-refractivity contribution in [3.05, 3.63) is 45.0 Å². The summed E-state index contributed by atoms with van der Waals surface area (Å²) >= 11 is 2.14. The average Bonchev–Trinajstić information content (AvgIpc) is 3.20. The highest BCUT2D eigenvalue weighted by molar-refractivity contribution is 14.1. The molecule has 1 aliphatic rings. The number of hydrogen-bond donors (Lipinski definition) is 2. The summed E-state index contributed by atoms with van der Waals surface area (Å²) in [5, 5.41) is 6.45. The molecule has 2 N–H and O–H groups in total. The highest BCUT2D eigenvalue weighted by Crippen LogP contribution is 2.33. The van der Waals surface area contributed by atoms with E-state index in [1.54, 1.807) is 31.4 Å². The van der Waals surface area contributed by atoms with E-state index >= 15 is 0 Å². The number of ether oxygens (including phenoxy) is 4. The first-order valence-corrected chi connectivity index (χ1v) is 10.1. The Balaban J connectivity index is 1.53. The summed E-state index contributed by atoms with van der Waals surface area (Å²) in [5.74, 6) is 1.45. The number of fused-ring (bicyclic) bond motifs is 1. The molecular formula is C20H20IN3O6. The molecule has 3 rings (SSSR count). The van der Waals surface area contributed by atoms with Gasteiger partial charge >= 0.3 is 0 Å². The van der Waals surface area contributed by atoms with Crippen molar-refractivity contribution >= 4 is 40.6 Å². The number of carbonyl (C=O) groups is 2. The topological polar surface area (TPSA) is 107 Å². The lowest BCUT2D eigenvalue weighted by Crippen LogP contribution is -2.34. The van der Waals surface area contributed by atoms with Crippen molar-refractivity contribution in [1.29, 1.82) is 0 Å². The van der Waals surface area contributed by atoms with Gasteiger partial charge in [-0.25, -0.2) is 5.43 Å². The molecular weight excluding hydrogens is 505 g/mol. The first-order valence-electron chi connectivity index (χ1n) is 9.02. The molecule has 2 amide bonds. The zero-order chi connectivity index (χ0) is 21.5. The second-order valence-corrected chi connectivity index (χ2v) is 7.17. The molecule has 158 valence electrons. The van der Waals surface area contributed by atoms with E-state index < -0.39 is 11.8 Å². The summed E-state index contributed by atoms with van der Waals surface area (Å²) in [6, 6.07) is 8.42. The molecule has 2 aromatic rings. The van der Waals surface area contributed by atoms with Crippen LogP contribution in [-0.2, 0) is 4.79 Å². The Bertz CT molecular complexity index is 979. The van der Waals surface area contributed by atoms with Gasteiger partial charge in [0.05, 0.1) is 30.0 Å². The Labute approximate surface area is 186 Å². The molecule has 2 aromatic carbocycles. The van der Waals surface area contributed by atoms with Gasteiger partial charge in [-0.3, -0.25) is 9.59 Å². The minimum Gasteiger partial charge on any atom is -0.492 e. The van der Waals surface area contributed by atoms with Crippen LogP contribution in [0.3, 0.4) is 0 Å². The molecule has 0 spiro atoms. The van der Waals surface area contributed by atoms with Crippen molar-refractivity contribution in [3.63, 3.8) is 0 Å². The van der Waals surface area contributed by atoms with Crippen molar-refractivity contribution in [3.8, 4) is 23.0 Å². The van der Waals surface area contributed by atoms with Crippen LogP contribution in [0.5, 0.6) is 23.0 Å². The zero-order valence-electron chi connectivity index (χ0n) is 16.4. The summed E-state index contributed by atoms with van der Waals surface area (Å²) in [6.45, 7) is 2.27. The van der Waals surface area contributed by atoms with Gasteiger partial charge in [-0.05, 0) is 65.4 Å². The fourth-order valence-electron chi connectivity index (χ4n) is 2.64. The molecule has 9 nitrogen and oxygen atoms in total. The van der Waals surface area contributed by atoms with Crippen LogP contribution in [0.15, 0.2) is 35.4 Å². The van der Waals surface area contributed by atoms with Gasteiger partial charge in [-0.2, -0.15) is 5.10 Å². The first-order chi connectivity index (χ1) is 14.5. The standard InChI is InChI=1S/C20H20IN3O6/c1-3-28-17-7-12(6-14(21)19(17)27-2)9-23-24-18(25)10-22-20(26)13-4-5-15-16(8-13)30-11-29-15/h4-9H,3,10-11H2,1-2H3,(H,22,26)(H,24,25). The van der Waals surface area contributed by atoms with Gasteiger partial charge < -0.3 is 24.3 Å². The van der Waals surface area contributed by atoms with Gasteiger partial charge in [0.15, 0.2) is 23.0 Å². The monoisotopic (exact) mass is 525 g/mol. The molecule has 0 saturated carbocycles. The highest BCUT2D eigenvalue weighted by Gasteiger charge is 2.16. The maximum Gasteiger partial charge on any atom is 0.259 e. The maximum atomic E-state index is 12.2. The molecule has 0 saturated heterocycles. The van der Waals surface area contributed by atoms with Crippen LogP contribution in [0.4, 0.5) is 0 Å². The predicted octanol–water partition coefficient (Wildman–Crippen LogP) is 2.31. The van der Waals surface area contributed by atoms with Crippen LogP contribution in [-0.4, -0.2) is 45.1 Å². The fraction of sp³-hybridized carbons (Fsp3) is 0.250. The van der Waals surface area contributed by atoms with Crippen molar-refractivity contribution < 1.29 is 28.5 Å². The summed E-state index contributed by atoms with van der Waals surface area (Å²) in [4.78, 5) is 24.2. The maximum absolute atomic E-state index is 12.2. The summed E-state index contributed by atoms with van der Waals surface area (Å²) < 4.78 is 22.2. The van der Waals surface area contributed by atoms with E-state index in [1.165, 1.54) is 6.21 Å². The number of amides is 2. The van der Waals surface area contributed by atoms with E-state index in [9.17, 15) is 9.59 Å². The molecule has 0 aromatic heterocycles. The largest absolute Gasteiger partial charge is 0.492 e. The SMILES string of the molecule is CCOc1cc(C=NNC(=O)CNC(=O)c2ccc3c(c2)OCO3)cc(I)c1OC. The minimum absolute atomic E-state index is 0.125. The number of benzene rings is 2. The van der Waals surface area contributed by atoms with E-state index in [2.05, 4.69) is 38.4 Å². The number of hydrogen-bond acceptors (Lipinski definition) is 7. The lowest BCUT2D eigenvalue weighted by molar-refractivity contribution is -0.120. The van der Waals surface area contributed by atoms with E-state index in [1.807, 2.05) is 13.0 Å². The van der Waals surface area contributed by atoms with Gasteiger partial charge in [0.1, 0.15) is 0 Å². The third-order valence-electron chi connectivity index (χ3n) is 3.98. The number of nitrogens with zero attached hydrogens (tertiary/aromatic N) is 1. The Kier molecular flexibility index (Phi) is 7.33. The molecule has 0 radical (unpaired) electrons. The van der Waals surface area contributed by atoms with Gasteiger partial charge in [-0.1, -0.05) is 0 Å². The van der Waals surface area contributed by atoms with E-state index in [-0.39, 0.29) is 13.3 Å². The number of nitrogens with one attached hydrogen (secondary N) is 2. The fourth-order valence-corrected chi connectivity index (χ4v) is 3.49. The van der Waals surface area contributed by atoms with Crippen LogP contribution in [0.25, 0.3) is 0 Å². The predicted molar refractivity (Wildman–Crippen MR) is 118 cm³/mol. The quantitative estimate of drug-likeness (QED) is 0.311.